The number of imidazole rings is 1. The molecule has 0 bridgehead atoms. The Kier molecular flexibility index (Phi) is 4.20. The molecule has 0 aliphatic heterocycles. The van der Waals surface area contributed by atoms with Crippen molar-refractivity contribution in [3.63, 3.8) is 0 Å². The third-order valence-electron chi connectivity index (χ3n) is 3.32. The van der Waals surface area contributed by atoms with Crippen LogP contribution >= 0.6 is 15.9 Å². The fraction of sp³-hybridized carbons (Fsp3) is 0.125. The van der Waals surface area contributed by atoms with Crippen LogP contribution in [0.5, 0.6) is 0 Å². The van der Waals surface area contributed by atoms with Crippen LogP contribution < -0.4 is 5.56 Å². The zero-order valence-electron chi connectivity index (χ0n) is 11.6. The molecular weight excluding hydrogens is 349 g/mol. The monoisotopic (exact) mass is 361 g/mol. The first-order valence-corrected chi connectivity index (χ1v) is 7.52. The van der Waals surface area contributed by atoms with Gasteiger partial charge in [-0.15, -0.1) is 0 Å². The highest BCUT2D eigenvalue weighted by Crippen LogP contribution is 2.10. The Morgan fingerprint density at radius 1 is 1.14 bits per heavy atom. The van der Waals surface area contributed by atoms with Gasteiger partial charge in [0, 0.05) is 29.6 Å². The minimum atomic E-state index is -0.782. The number of hydrogen-bond donors (Lipinski definition) is 0. The van der Waals surface area contributed by atoms with Gasteiger partial charge in [0.25, 0.3) is 5.56 Å². The standard InChI is InChI=1S/C16H13BrFN3O/c17-13-8-14(18)16(22)21(10-13)11-15-19-6-7-20(15)9-12-4-2-1-3-5-12/h1-8,10H,9,11H2. The molecule has 0 radical (unpaired) electrons. The van der Waals surface area contributed by atoms with Crippen molar-refractivity contribution in [2.24, 2.45) is 0 Å². The largest absolute Gasteiger partial charge is 0.329 e. The van der Waals surface area contributed by atoms with Crippen LogP contribution in [-0.4, -0.2) is 14.1 Å². The Labute approximate surface area is 135 Å². The van der Waals surface area contributed by atoms with Crippen LogP contribution in [0.1, 0.15) is 11.4 Å². The number of rotatable bonds is 4. The Morgan fingerprint density at radius 3 is 2.68 bits per heavy atom. The van der Waals surface area contributed by atoms with Crippen LogP contribution in [0.15, 0.2) is 64.3 Å². The van der Waals surface area contributed by atoms with Gasteiger partial charge in [0.2, 0.25) is 0 Å². The first-order chi connectivity index (χ1) is 10.6. The van der Waals surface area contributed by atoms with E-state index in [1.54, 1.807) is 12.4 Å². The lowest BCUT2D eigenvalue weighted by molar-refractivity contribution is 0.567. The molecule has 0 fully saturated rings. The fourth-order valence-electron chi connectivity index (χ4n) is 2.25. The second-order valence-electron chi connectivity index (χ2n) is 4.90. The third-order valence-corrected chi connectivity index (χ3v) is 3.75. The molecule has 1 aromatic carbocycles. The molecule has 0 unspecified atom stereocenters. The van der Waals surface area contributed by atoms with Crippen molar-refractivity contribution >= 4 is 15.9 Å². The summed E-state index contributed by atoms with van der Waals surface area (Å²) in [6, 6.07) is 11.1. The van der Waals surface area contributed by atoms with Gasteiger partial charge in [0.1, 0.15) is 5.82 Å². The topological polar surface area (TPSA) is 39.8 Å². The zero-order valence-corrected chi connectivity index (χ0v) is 13.2. The summed E-state index contributed by atoms with van der Waals surface area (Å²) in [6.07, 6.45) is 5.09. The Morgan fingerprint density at radius 2 is 1.91 bits per heavy atom. The molecule has 0 aliphatic carbocycles. The van der Waals surface area contributed by atoms with E-state index in [0.717, 1.165) is 11.6 Å². The average molecular weight is 362 g/mol. The fourth-order valence-corrected chi connectivity index (χ4v) is 2.70. The number of nitrogens with zero attached hydrogens (tertiary/aromatic N) is 3. The van der Waals surface area contributed by atoms with Crippen LogP contribution in [0.3, 0.4) is 0 Å². The molecule has 6 heteroatoms. The molecule has 0 atom stereocenters. The highest BCUT2D eigenvalue weighted by molar-refractivity contribution is 9.10. The van der Waals surface area contributed by atoms with E-state index >= 15 is 0 Å². The van der Waals surface area contributed by atoms with Gasteiger partial charge in [0.05, 0.1) is 6.54 Å². The van der Waals surface area contributed by atoms with Gasteiger partial charge in [-0.1, -0.05) is 30.3 Å². The smallest absolute Gasteiger partial charge is 0.287 e. The van der Waals surface area contributed by atoms with E-state index in [1.165, 1.54) is 4.57 Å². The lowest BCUT2D eigenvalue weighted by atomic mass is 10.2. The summed E-state index contributed by atoms with van der Waals surface area (Å²) in [7, 11) is 0. The second kappa shape index (κ2) is 6.27. The van der Waals surface area contributed by atoms with Gasteiger partial charge >= 0.3 is 0 Å². The van der Waals surface area contributed by atoms with E-state index in [4.69, 9.17) is 0 Å². The summed E-state index contributed by atoms with van der Waals surface area (Å²) in [5.41, 5.74) is 0.479. The molecule has 22 heavy (non-hydrogen) atoms. The Hall–Kier alpha value is -2.21. The van der Waals surface area contributed by atoms with Crippen LogP contribution in [-0.2, 0) is 13.1 Å². The molecule has 3 rings (SSSR count). The van der Waals surface area contributed by atoms with Gasteiger partial charge in [-0.3, -0.25) is 4.79 Å². The quantitative estimate of drug-likeness (QED) is 0.716. The second-order valence-corrected chi connectivity index (χ2v) is 5.81. The summed E-state index contributed by atoms with van der Waals surface area (Å²) in [4.78, 5) is 16.1. The molecule has 2 heterocycles. The maximum atomic E-state index is 13.5. The van der Waals surface area contributed by atoms with Crippen LogP contribution in [0.25, 0.3) is 0 Å². The Bertz CT molecular complexity index is 842. The van der Waals surface area contributed by atoms with E-state index < -0.39 is 11.4 Å². The van der Waals surface area contributed by atoms with Gasteiger partial charge in [0.15, 0.2) is 5.82 Å². The maximum absolute atomic E-state index is 13.5. The molecule has 0 amide bonds. The first kappa shape index (κ1) is 14.7. The Balaban J connectivity index is 1.89. The van der Waals surface area contributed by atoms with Crippen molar-refractivity contribution in [3.8, 4) is 0 Å². The van der Waals surface area contributed by atoms with Gasteiger partial charge in [-0.2, -0.15) is 0 Å². The molecular formula is C16H13BrFN3O. The highest BCUT2D eigenvalue weighted by Gasteiger charge is 2.09. The van der Waals surface area contributed by atoms with Crippen molar-refractivity contribution in [3.05, 3.63) is 87.0 Å². The van der Waals surface area contributed by atoms with E-state index in [2.05, 4.69) is 20.9 Å². The van der Waals surface area contributed by atoms with Crippen molar-refractivity contribution in [2.75, 3.05) is 0 Å². The van der Waals surface area contributed by atoms with Crippen molar-refractivity contribution in [1.29, 1.82) is 0 Å². The molecule has 0 spiro atoms. The summed E-state index contributed by atoms with van der Waals surface area (Å²) in [5.74, 6) is -0.0843. The number of aromatic nitrogens is 3. The molecule has 0 saturated heterocycles. The van der Waals surface area contributed by atoms with Crippen molar-refractivity contribution < 1.29 is 4.39 Å². The van der Waals surface area contributed by atoms with Gasteiger partial charge in [-0.25, -0.2) is 9.37 Å². The van der Waals surface area contributed by atoms with E-state index in [1.807, 2.05) is 41.1 Å². The minimum absolute atomic E-state index is 0.217. The minimum Gasteiger partial charge on any atom is -0.329 e. The van der Waals surface area contributed by atoms with Crippen LogP contribution in [0, 0.1) is 5.82 Å². The molecule has 0 aliphatic rings. The van der Waals surface area contributed by atoms with E-state index in [-0.39, 0.29) is 6.54 Å². The number of pyridine rings is 1. The third kappa shape index (κ3) is 3.17. The summed E-state index contributed by atoms with van der Waals surface area (Å²) < 4.78 is 17.3. The number of hydrogen-bond acceptors (Lipinski definition) is 2. The molecule has 0 saturated carbocycles. The summed E-state index contributed by atoms with van der Waals surface area (Å²) in [6.45, 7) is 0.871. The van der Waals surface area contributed by atoms with Gasteiger partial charge in [-0.05, 0) is 27.6 Å². The van der Waals surface area contributed by atoms with E-state index in [9.17, 15) is 9.18 Å². The molecule has 3 aromatic rings. The van der Waals surface area contributed by atoms with Crippen molar-refractivity contribution in [1.82, 2.24) is 14.1 Å². The average Bonchev–Trinajstić information content (AvgIpc) is 2.92. The van der Waals surface area contributed by atoms with Crippen LogP contribution in [0.2, 0.25) is 0 Å². The molecule has 0 N–H and O–H groups in total. The SMILES string of the molecule is O=c1c(F)cc(Br)cn1Cc1nccn1Cc1ccccc1. The lowest BCUT2D eigenvalue weighted by Crippen LogP contribution is -2.24. The highest BCUT2D eigenvalue weighted by atomic mass is 79.9. The lowest BCUT2D eigenvalue weighted by Gasteiger charge is -2.10. The number of benzene rings is 1. The predicted molar refractivity (Wildman–Crippen MR) is 85.2 cm³/mol. The normalized spacial score (nSPS) is 10.8. The first-order valence-electron chi connectivity index (χ1n) is 6.73. The predicted octanol–water partition coefficient (Wildman–Crippen LogP) is 3.04. The maximum Gasteiger partial charge on any atom is 0.287 e. The molecule has 4 nitrogen and oxygen atoms in total. The summed E-state index contributed by atoms with van der Waals surface area (Å²) in [5, 5.41) is 0. The van der Waals surface area contributed by atoms with Crippen LogP contribution in [0.4, 0.5) is 4.39 Å². The van der Waals surface area contributed by atoms with Gasteiger partial charge < -0.3 is 9.13 Å². The van der Waals surface area contributed by atoms with E-state index in [0.29, 0.717) is 16.8 Å². The van der Waals surface area contributed by atoms with Crippen molar-refractivity contribution in [2.45, 2.75) is 13.1 Å². The molecule has 2 aromatic heterocycles. The molecule has 112 valence electrons. The number of halogens is 2. The summed E-state index contributed by atoms with van der Waals surface area (Å²) >= 11 is 3.20. The zero-order chi connectivity index (χ0) is 15.5.